The van der Waals surface area contributed by atoms with E-state index >= 15 is 0 Å². The molecule has 1 aromatic carbocycles. The maximum Gasteiger partial charge on any atom is 0.138 e. The first-order valence-electron chi connectivity index (χ1n) is 5.74. The summed E-state index contributed by atoms with van der Waals surface area (Å²) in [4.78, 5) is 6.69. The number of nitrogens with zero attached hydrogens (tertiary/aromatic N) is 2. The molecule has 0 saturated heterocycles. The second kappa shape index (κ2) is 4.04. The van der Waals surface area contributed by atoms with Gasteiger partial charge in [0, 0.05) is 12.2 Å². The van der Waals surface area contributed by atoms with Crippen LogP contribution in [0.3, 0.4) is 0 Å². The van der Waals surface area contributed by atoms with Crippen molar-refractivity contribution in [1.29, 1.82) is 0 Å². The summed E-state index contributed by atoms with van der Waals surface area (Å²) in [7, 11) is 0. The predicted octanol–water partition coefficient (Wildman–Crippen LogP) is 3.74. The van der Waals surface area contributed by atoms with Crippen LogP contribution in [0.1, 0.15) is 11.1 Å². The van der Waals surface area contributed by atoms with Gasteiger partial charge in [0.2, 0.25) is 0 Å². The second-order valence-corrected chi connectivity index (χ2v) is 4.69. The number of anilines is 2. The van der Waals surface area contributed by atoms with Gasteiger partial charge in [-0.25, -0.2) is 4.98 Å². The fourth-order valence-corrected chi connectivity index (χ4v) is 2.61. The lowest BCUT2D eigenvalue weighted by Gasteiger charge is -2.18. The van der Waals surface area contributed by atoms with Crippen LogP contribution in [-0.4, -0.2) is 11.5 Å². The first-order chi connectivity index (χ1) is 8.25. The largest absolute Gasteiger partial charge is 0.326 e. The Morgan fingerprint density at radius 3 is 2.76 bits per heavy atom. The van der Waals surface area contributed by atoms with Gasteiger partial charge in [-0.05, 0) is 42.7 Å². The molecule has 0 amide bonds. The van der Waals surface area contributed by atoms with Gasteiger partial charge < -0.3 is 4.90 Å². The number of rotatable bonds is 1. The molecule has 0 aliphatic carbocycles. The van der Waals surface area contributed by atoms with Crippen LogP contribution in [0.15, 0.2) is 36.4 Å². The van der Waals surface area contributed by atoms with Crippen molar-refractivity contribution in [2.45, 2.75) is 13.3 Å². The van der Waals surface area contributed by atoms with Crippen molar-refractivity contribution >= 4 is 23.1 Å². The Bertz CT molecular complexity index is 552. The average Bonchev–Trinajstić information content (AvgIpc) is 2.74. The summed E-state index contributed by atoms with van der Waals surface area (Å²) in [6.45, 7) is 3.08. The molecule has 0 fully saturated rings. The summed E-state index contributed by atoms with van der Waals surface area (Å²) < 4.78 is 0. The molecule has 0 atom stereocenters. The zero-order chi connectivity index (χ0) is 11.8. The Kier molecular flexibility index (Phi) is 2.52. The van der Waals surface area contributed by atoms with E-state index in [1.54, 1.807) is 0 Å². The molecule has 0 saturated carbocycles. The van der Waals surface area contributed by atoms with Crippen LogP contribution in [0.2, 0.25) is 5.15 Å². The molecule has 2 heterocycles. The number of halogens is 1. The fraction of sp³-hybridized carbons (Fsp3) is 0.214. The van der Waals surface area contributed by atoms with Gasteiger partial charge >= 0.3 is 0 Å². The lowest BCUT2D eigenvalue weighted by atomic mass is 10.1. The Morgan fingerprint density at radius 2 is 2.00 bits per heavy atom. The second-order valence-electron chi connectivity index (χ2n) is 4.30. The summed E-state index contributed by atoms with van der Waals surface area (Å²) in [5.74, 6) is 1.02. The van der Waals surface area contributed by atoms with Crippen LogP contribution in [0.5, 0.6) is 0 Å². The van der Waals surface area contributed by atoms with Crippen LogP contribution in [0.25, 0.3) is 0 Å². The first kappa shape index (κ1) is 10.6. The lowest BCUT2D eigenvalue weighted by Crippen LogP contribution is -2.14. The third-order valence-corrected chi connectivity index (χ3v) is 3.40. The van der Waals surface area contributed by atoms with Crippen LogP contribution >= 0.6 is 11.6 Å². The molecule has 3 heteroatoms. The summed E-state index contributed by atoms with van der Waals surface area (Å²) in [5.41, 5.74) is 3.73. The highest BCUT2D eigenvalue weighted by atomic mass is 35.5. The summed E-state index contributed by atoms with van der Waals surface area (Å²) >= 11 is 6.04. The fourth-order valence-electron chi connectivity index (χ4n) is 2.36. The minimum absolute atomic E-state index is 0.573. The molecule has 1 aliphatic heterocycles. The van der Waals surface area contributed by atoms with E-state index in [4.69, 9.17) is 11.6 Å². The Labute approximate surface area is 106 Å². The van der Waals surface area contributed by atoms with Crippen LogP contribution in [-0.2, 0) is 6.42 Å². The van der Waals surface area contributed by atoms with E-state index in [-0.39, 0.29) is 0 Å². The van der Waals surface area contributed by atoms with Crippen molar-refractivity contribution in [1.82, 2.24) is 4.98 Å². The standard InChI is InChI=1S/C14H13ClN2/c1-10-9-13(15)16-14-12(10)7-8-17(14)11-5-3-2-4-6-11/h2-6,9H,7-8H2,1H3. The molecule has 3 rings (SSSR count). The topological polar surface area (TPSA) is 16.1 Å². The third-order valence-electron chi connectivity index (χ3n) is 3.20. The van der Waals surface area contributed by atoms with E-state index in [0.717, 1.165) is 18.8 Å². The van der Waals surface area contributed by atoms with E-state index in [1.165, 1.54) is 16.8 Å². The number of fused-ring (bicyclic) bond motifs is 1. The van der Waals surface area contributed by atoms with Crippen molar-refractivity contribution in [3.8, 4) is 0 Å². The molecule has 1 aromatic heterocycles. The maximum atomic E-state index is 6.04. The van der Waals surface area contributed by atoms with E-state index in [0.29, 0.717) is 5.15 Å². The Balaban J connectivity index is 2.10. The molecule has 1 aliphatic rings. The highest BCUT2D eigenvalue weighted by molar-refractivity contribution is 6.29. The SMILES string of the molecule is Cc1cc(Cl)nc2c1CCN2c1ccccc1. The van der Waals surface area contributed by atoms with Crippen molar-refractivity contribution in [2.75, 3.05) is 11.4 Å². The molecule has 0 spiro atoms. The number of pyridine rings is 1. The molecular formula is C14H13ClN2. The molecule has 17 heavy (non-hydrogen) atoms. The maximum absolute atomic E-state index is 6.04. The first-order valence-corrected chi connectivity index (χ1v) is 6.12. The smallest absolute Gasteiger partial charge is 0.138 e. The molecule has 0 N–H and O–H groups in total. The quantitative estimate of drug-likeness (QED) is 0.711. The summed E-state index contributed by atoms with van der Waals surface area (Å²) in [6.07, 6.45) is 1.04. The van der Waals surface area contributed by atoms with Crippen molar-refractivity contribution in [3.05, 3.63) is 52.7 Å². The molecule has 0 unspecified atom stereocenters. The predicted molar refractivity (Wildman–Crippen MR) is 71.1 cm³/mol. The third kappa shape index (κ3) is 1.79. The number of hydrogen-bond donors (Lipinski definition) is 0. The Morgan fingerprint density at radius 1 is 1.24 bits per heavy atom. The molecular weight excluding hydrogens is 232 g/mol. The van der Waals surface area contributed by atoms with Crippen molar-refractivity contribution < 1.29 is 0 Å². The lowest BCUT2D eigenvalue weighted by molar-refractivity contribution is 0.988. The van der Waals surface area contributed by atoms with Gasteiger partial charge in [0.1, 0.15) is 11.0 Å². The van der Waals surface area contributed by atoms with Gasteiger partial charge in [-0.1, -0.05) is 29.8 Å². The summed E-state index contributed by atoms with van der Waals surface area (Å²) in [5, 5.41) is 0.573. The van der Waals surface area contributed by atoms with Crippen molar-refractivity contribution in [3.63, 3.8) is 0 Å². The minimum atomic E-state index is 0.573. The summed E-state index contributed by atoms with van der Waals surface area (Å²) in [6, 6.07) is 12.3. The number of aryl methyl sites for hydroxylation is 1. The molecule has 86 valence electrons. The highest BCUT2D eigenvalue weighted by Crippen LogP contribution is 2.35. The van der Waals surface area contributed by atoms with Gasteiger partial charge in [-0.15, -0.1) is 0 Å². The zero-order valence-electron chi connectivity index (χ0n) is 9.65. The van der Waals surface area contributed by atoms with E-state index < -0.39 is 0 Å². The van der Waals surface area contributed by atoms with Crippen LogP contribution < -0.4 is 4.90 Å². The monoisotopic (exact) mass is 244 g/mol. The normalized spacial score (nSPS) is 13.9. The molecule has 2 aromatic rings. The van der Waals surface area contributed by atoms with Gasteiger partial charge in [0.05, 0.1) is 0 Å². The Hall–Kier alpha value is -1.54. The average molecular weight is 245 g/mol. The highest BCUT2D eigenvalue weighted by Gasteiger charge is 2.23. The molecule has 2 nitrogen and oxygen atoms in total. The zero-order valence-corrected chi connectivity index (χ0v) is 10.4. The van der Waals surface area contributed by atoms with Crippen LogP contribution in [0.4, 0.5) is 11.5 Å². The minimum Gasteiger partial charge on any atom is -0.326 e. The molecule has 0 radical (unpaired) electrons. The van der Waals surface area contributed by atoms with Crippen LogP contribution in [0, 0.1) is 6.92 Å². The van der Waals surface area contributed by atoms with Gasteiger partial charge in [0.25, 0.3) is 0 Å². The van der Waals surface area contributed by atoms with E-state index in [2.05, 4.69) is 28.9 Å². The van der Waals surface area contributed by atoms with Gasteiger partial charge in [-0.3, -0.25) is 0 Å². The number of para-hydroxylation sites is 1. The van der Waals surface area contributed by atoms with Gasteiger partial charge in [-0.2, -0.15) is 0 Å². The van der Waals surface area contributed by atoms with Crippen molar-refractivity contribution in [2.24, 2.45) is 0 Å². The van der Waals surface area contributed by atoms with E-state index in [1.807, 2.05) is 24.3 Å². The molecule has 0 bridgehead atoms. The number of aromatic nitrogens is 1. The van der Waals surface area contributed by atoms with E-state index in [9.17, 15) is 0 Å². The van der Waals surface area contributed by atoms with Gasteiger partial charge in [0.15, 0.2) is 0 Å². The number of hydrogen-bond acceptors (Lipinski definition) is 2. The number of benzene rings is 1.